The fourth-order valence-corrected chi connectivity index (χ4v) is 3.78. The molecular formula is C24H19BrN2O5. The van der Waals surface area contributed by atoms with E-state index in [2.05, 4.69) is 20.9 Å². The van der Waals surface area contributed by atoms with Crippen LogP contribution in [0.3, 0.4) is 0 Å². The molecule has 0 bridgehead atoms. The van der Waals surface area contributed by atoms with Crippen LogP contribution in [0, 0.1) is 0 Å². The van der Waals surface area contributed by atoms with Crippen molar-refractivity contribution in [2.45, 2.75) is 13.5 Å². The molecule has 4 aromatic rings. The van der Waals surface area contributed by atoms with Crippen LogP contribution in [0.5, 0.6) is 5.75 Å². The van der Waals surface area contributed by atoms with Gasteiger partial charge in [-0.05, 0) is 41.8 Å². The molecule has 0 amide bonds. The van der Waals surface area contributed by atoms with E-state index in [1.165, 1.54) is 6.20 Å². The third-order valence-electron chi connectivity index (χ3n) is 4.81. The maximum atomic E-state index is 13.2. The Morgan fingerprint density at radius 3 is 2.62 bits per heavy atom. The largest absolute Gasteiger partial charge is 0.506 e. The lowest BCUT2D eigenvalue weighted by atomic mass is 10.0. The van der Waals surface area contributed by atoms with Crippen LogP contribution in [0.4, 0.5) is 0 Å². The maximum Gasteiger partial charge on any atom is 0.347 e. The summed E-state index contributed by atoms with van der Waals surface area (Å²) in [6.07, 6.45) is 1.52. The molecule has 0 atom stereocenters. The van der Waals surface area contributed by atoms with Gasteiger partial charge in [0.2, 0.25) is 0 Å². The number of rotatable bonds is 6. The monoisotopic (exact) mass is 494 g/mol. The Balaban J connectivity index is 1.98. The van der Waals surface area contributed by atoms with Crippen LogP contribution >= 0.6 is 15.9 Å². The zero-order chi connectivity index (χ0) is 22.7. The lowest BCUT2D eigenvalue weighted by molar-refractivity contribution is 0.0508. The van der Waals surface area contributed by atoms with Gasteiger partial charge in [0.25, 0.3) is 0 Å². The zero-order valence-electron chi connectivity index (χ0n) is 17.1. The number of hydrogen-bond acceptors (Lipinski definition) is 6. The fourth-order valence-electron chi connectivity index (χ4n) is 3.38. The van der Waals surface area contributed by atoms with Crippen molar-refractivity contribution in [3.63, 3.8) is 0 Å². The van der Waals surface area contributed by atoms with E-state index < -0.39 is 22.8 Å². The highest BCUT2D eigenvalue weighted by Crippen LogP contribution is 2.35. The minimum absolute atomic E-state index is 0.0478. The van der Waals surface area contributed by atoms with Crippen molar-refractivity contribution >= 4 is 32.9 Å². The van der Waals surface area contributed by atoms with Gasteiger partial charge in [-0.25, -0.2) is 9.78 Å². The molecule has 162 valence electrons. The summed E-state index contributed by atoms with van der Waals surface area (Å²) in [6.45, 7) is 1.73. The summed E-state index contributed by atoms with van der Waals surface area (Å²) in [4.78, 5) is 35.8. The Hall–Kier alpha value is -3.65. The topological polar surface area (TPSA) is 90.7 Å². The van der Waals surface area contributed by atoms with E-state index in [9.17, 15) is 14.7 Å². The predicted molar refractivity (Wildman–Crippen MR) is 123 cm³/mol. The second-order valence-corrected chi connectivity index (χ2v) is 7.79. The number of carbonyl (C=O) groups excluding carboxylic acids is 1. The number of ether oxygens (including phenoxy) is 1. The first-order valence-corrected chi connectivity index (χ1v) is 10.7. The van der Waals surface area contributed by atoms with Gasteiger partial charge in [0.15, 0.2) is 11.2 Å². The van der Waals surface area contributed by atoms with Crippen LogP contribution in [0.2, 0.25) is 0 Å². The number of esters is 1. The molecular weight excluding hydrogens is 476 g/mol. The average molecular weight is 495 g/mol. The average Bonchev–Trinajstić information content (AvgIpc) is 2.79. The molecule has 8 heteroatoms. The molecule has 0 unspecified atom stereocenters. The molecule has 0 fully saturated rings. The summed E-state index contributed by atoms with van der Waals surface area (Å²) in [5.41, 5.74) is 0.900. The van der Waals surface area contributed by atoms with Crippen molar-refractivity contribution in [3.05, 3.63) is 92.8 Å². The standard InChI is InChI=1S/C24H19BrN2O5/c1-2-31-24(30)20-21(28)19-18(16-9-6-10-17(25)13-16)11-12-26-22(19)27(23(20)29)32-14-15-7-4-3-5-8-15/h3-13,28H,2,14H2,1H3. The molecule has 0 saturated heterocycles. The second kappa shape index (κ2) is 9.23. The first-order valence-electron chi connectivity index (χ1n) is 9.88. The molecule has 32 heavy (non-hydrogen) atoms. The molecule has 2 aromatic heterocycles. The highest BCUT2D eigenvalue weighted by molar-refractivity contribution is 9.10. The number of hydrogen-bond donors (Lipinski definition) is 1. The van der Waals surface area contributed by atoms with Gasteiger partial charge in [-0.3, -0.25) is 4.79 Å². The number of nitrogens with zero attached hydrogens (tertiary/aromatic N) is 2. The first kappa shape index (κ1) is 21.6. The Morgan fingerprint density at radius 2 is 1.91 bits per heavy atom. The third kappa shape index (κ3) is 4.09. The molecule has 4 rings (SSSR count). The molecule has 0 aliphatic carbocycles. The normalized spacial score (nSPS) is 10.8. The van der Waals surface area contributed by atoms with E-state index in [-0.39, 0.29) is 24.2 Å². The Labute approximate surface area is 192 Å². The summed E-state index contributed by atoms with van der Waals surface area (Å²) < 4.78 is 6.80. The van der Waals surface area contributed by atoms with Gasteiger partial charge in [0.1, 0.15) is 12.4 Å². The number of halogens is 1. The number of carbonyl (C=O) groups is 1. The smallest absolute Gasteiger partial charge is 0.347 e. The highest BCUT2D eigenvalue weighted by Gasteiger charge is 2.27. The van der Waals surface area contributed by atoms with Crippen molar-refractivity contribution in [2.75, 3.05) is 6.61 Å². The molecule has 2 aromatic carbocycles. The van der Waals surface area contributed by atoms with Crippen LogP contribution in [-0.2, 0) is 11.3 Å². The van der Waals surface area contributed by atoms with Crippen LogP contribution < -0.4 is 10.4 Å². The quantitative estimate of drug-likeness (QED) is 0.401. The number of aromatic hydroxyl groups is 1. The fraction of sp³-hybridized carbons (Fsp3) is 0.125. The molecule has 0 aliphatic heterocycles. The summed E-state index contributed by atoms with van der Waals surface area (Å²) in [6, 6.07) is 18.4. The van der Waals surface area contributed by atoms with Crippen LogP contribution in [0.25, 0.3) is 22.2 Å². The van der Waals surface area contributed by atoms with Crippen LogP contribution in [0.15, 0.2) is 76.1 Å². The zero-order valence-corrected chi connectivity index (χ0v) is 18.7. The van der Waals surface area contributed by atoms with E-state index in [1.54, 1.807) is 13.0 Å². The summed E-state index contributed by atoms with van der Waals surface area (Å²) >= 11 is 3.44. The van der Waals surface area contributed by atoms with Crippen molar-refractivity contribution in [1.29, 1.82) is 0 Å². The lowest BCUT2D eigenvalue weighted by Gasteiger charge is -2.16. The Kier molecular flexibility index (Phi) is 6.23. The van der Waals surface area contributed by atoms with Crippen molar-refractivity contribution in [2.24, 2.45) is 0 Å². The van der Waals surface area contributed by atoms with Crippen molar-refractivity contribution in [1.82, 2.24) is 9.71 Å². The van der Waals surface area contributed by atoms with Crippen LogP contribution in [-0.4, -0.2) is 27.4 Å². The summed E-state index contributed by atoms with van der Waals surface area (Å²) in [5, 5.41) is 11.2. The molecule has 0 spiro atoms. The van der Waals surface area contributed by atoms with Gasteiger partial charge < -0.3 is 14.7 Å². The number of benzene rings is 2. The van der Waals surface area contributed by atoms with Gasteiger partial charge in [-0.2, -0.15) is 0 Å². The van der Waals surface area contributed by atoms with Gasteiger partial charge >= 0.3 is 11.5 Å². The Morgan fingerprint density at radius 1 is 1.12 bits per heavy atom. The van der Waals surface area contributed by atoms with E-state index in [0.717, 1.165) is 20.3 Å². The summed E-state index contributed by atoms with van der Waals surface area (Å²) in [5.74, 6) is -1.43. The van der Waals surface area contributed by atoms with Crippen molar-refractivity contribution < 1.29 is 19.5 Å². The third-order valence-corrected chi connectivity index (χ3v) is 5.31. The molecule has 0 radical (unpaired) electrons. The number of pyridine rings is 2. The van der Waals surface area contributed by atoms with Gasteiger partial charge in [-0.1, -0.05) is 58.4 Å². The molecule has 0 aliphatic rings. The van der Waals surface area contributed by atoms with E-state index in [4.69, 9.17) is 9.57 Å². The Bertz CT molecular complexity index is 1350. The number of aromatic nitrogens is 2. The second-order valence-electron chi connectivity index (χ2n) is 6.87. The van der Waals surface area contributed by atoms with Gasteiger partial charge in [-0.15, -0.1) is 4.73 Å². The maximum absolute atomic E-state index is 13.2. The predicted octanol–water partition coefficient (Wildman–Crippen LogP) is 4.34. The molecule has 1 N–H and O–H groups in total. The molecule has 0 saturated carbocycles. The van der Waals surface area contributed by atoms with Gasteiger partial charge in [0, 0.05) is 10.7 Å². The highest BCUT2D eigenvalue weighted by atomic mass is 79.9. The van der Waals surface area contributed by atoms with Crippen LogP contribution in [0.1, 0.15) is 22.8 Å². The van der Waals surface area contributed by atoms with Gasteiger partial charge in [0.05, 0.1) is 12.0 Å². The molecule has 7 nitrogen and oxygen atoms in total. The molecule has 2 heterocycles. The van der Waals surface area contributed by atoms with E-state index in [1.807, 2.05) is 54.6 Å². The summed E-state index contributed by atoms with van der Waals surface area (Å²) in [7, 11) is 0. The SMILES string of the molecule is CCOC(=O)c1c(O)c2c(-c3cccc(Br)c3)ccnc2n(OCc2ccccc2)c1=O. The minimum atomic E-state index is -0.932. The first-order chi connectivity index (χ1) is 15.5. The van der Waals surface area contributed by atoms with Crippen molar-refractivity contribution in [3.8, 4) is 16.9 Å². The number of fused-ring (bicyclic) bond motifs is 1. The lowest BCUT2D eigenvalue weighted by Crippen LogP contribution is -2.32. The minimum Gasteiger partial charge on any atom is -0.506 e. The van der Waals surface area contributed by atoms with E-state index in [0.29, 0.717) is 5.56 Å². The van der Waals surface area contributed by atoms with E-state index >= 15 is 0 Å².